The molecule has 0 fully saturated rings. The van der Waals surface area contributed by atoms with Crippen LogP contribution in [-0.4, -0.2) is 19.6 Å². The summed E-state index contributed by atoms with van der Waals surface area (Å²) in [6, 6.07) is 14.1. The van der Waals surface area contributed by atoms with E-state index in [1.54, 1.807) is 18.4 Å². The third-order valence-electron chi connectivity index (χ3n) is 3.75. The molecule has 0 aliphatic rings. The fraction of sp³-hybridized carbons (Fsp3) is 0.389. The molecule has 3 nitrogen and oxygen atoms in total. The molecule has 0 saturated heterocycles. The average molecular weight is 317 g/mol. The fourth-order valence-corrected chi connectivity index (χ4v) is 3.46. The molecule has 4 heteroatoms. The van der Waals surface area contributed by atoms with Crippen LogP contribution in [0.25, 0.3) is 0 Å². The number of ether oxygens (including phenoxy) is 1. The summed E-state index contributed by atoms with van der Waals surface area (Å²) in [4.78, 5) is 14.9. The van der Waals surface area contributed by atoms with Crippen molar-refractivity contribution in [3.05, 3.63) is 57.8 Å². The van der Waals surface area contributed by atoms with E-state index in [-0.39, 0.29) is 17.9 Å². The SMILES string of the molecule is CCC(C(=O)NCC(OC)c1ccc(C)s1)c1ccccc1. The van der Waals surface area contributed by atoms with Crippen molar-refractivity contribution in [1.82, 2.24) is 5.32 Å². The zero-order valence-corrected chi connectivity index (χ0v) is 14.2. The quantitative estimate of drug-likeness (QED) is 0.836. The topological polar surface area (TPSA) is 38.3 Å². The monoisotopic (exact) mass is 317 g/mol. The van der Waals surface area contributed by atoms with Crippen molar-refractivity contribution >= 4 is 17.2 Å². The van der Waals surface area contributed by atoms with Crippen molar-refractivity contribution in [2.45, 2.75) is 32.3 Å². The van der Waals surface area contributed by atoms with Crippen LogP contribution in [0.1, 0.15) is 40.7 Å². The molecule has 0 spiro atoms. The molecule has 22 heavy (non-hydrogen) atoms. The predicted octanol–water partition coefficient (Wildman–Crippen LogP) is 4.05. The van der Waals surface area contributed by atoms with Gasteiger partial charge in [0.2, 0.25) is 5.91 Å². The van der Waals surface area contributed by atoms with E-state index >= 15 is 0 Å². The van der Waals surface area contributed by atoms with E-state index in [0.29, 0.717) is 6.54 Å². The van der Waals surface area contributed by atoms with Crippen molar-refractivity contribution in [3.8, 4) is 0 Å². The highest BCUT2D eigenvalue weighted by atomic mass is 32.1. The van der Waals surface area contributed by atoms with Gasteiger partial charge in [-0.05, 0) is 31.0 Å². The summed E-state index contributed by atoms with van der Waals surface area (Å²) in [5, 5.41) is 3.03. The Bertz CT molecular complexity index is 594. The van der Waals surface area contributed by atoms with Crippen LogP contribution in [0.4, 0.5) is 0 Å². The molecule has 2 unspecified atom stereocenters. The first-order valence-electron chi connectivity index (χ1n) is 7.57. The number of methoxy groups -OCH3 is 1. The van der Waals surface area contributed by atoms with E-state index < -0.39 is 0 Å². The van der Waals surface area contributed by atoms with Crippen LogP contribution >= 0.6 is 11.3 Å². The maximum atomic E-state index is 12.5. The van der Waals surface area contributed by atoms with Crippen LogP contribution in [0.15, 0.2) is 42.5 Å². The average Bonchev–Trinajstić information content (AvgIpc) is 2.96. The summed E-state index contributed by atoms with van der Waals surface area (Å²) in [5.41, 5.74) is 1.06. The van der Waals surface area contributed by atoms with Gasteiger partial charge in [0.25, 0.3) is 0 Å². The Kier molecular flexibility index (Phi) is 6.16. The Morgan fingerprint density at radius 2 is 1.95 bits per heavy atom. The van der Waals surface area contributed by atoms with Crippen molar-refractivity contribution in [3.63, 3.8) is 0 Å². The van der Waals surface area contributed by atoms with Crippen molar-refractivity contribution in [2.75, 3.05) is 13.7 Å². The fourth-order valence-electron chi connectivity index (χ4n) is 2.50. The second kappa shape index (κ2) is 8.11. The molecular weight excluding hydrogens is 294 g/mol. The van der Waals surface area contributed by atoms with Crippen molar-refractivity contribution in [2.24, 2.45) is 0 Å². The van der Waals surface area contributed by atoms with E-state index in [9.17, 15) is 4.79 Å². The molecule has 1 aromatic carbocycles. The summed E-state index contributed by atoms with van der Waals surface area (Å²) in [5.74, 6) is -0.0483. The van der Waals surface area contributed by atoms with E-state index in [4.69, 9.17) is 4.74 Å². The second-order valence-electron chi connectivity index (χ2n) is 5.29. The lowest BCUT2D eigenvalue weighted by Gasteiger charge is -2.19. The Hall–Kier alpha value is -1.65. The Labute approximate surface area is 136 Å². The first-order chi connectivity index (χ1) is 10.7. The van der Waals surface area contributed by atoms with Crippen molar-refractivity contribution in [1.29, 1.82) is 0 Å². The highest BCUT2D eigenvalue weighted by Gasteiger charge is 2.20. The van der Waals surface area contributed by atoms with Gasteiger partial charge >= 0.3 is 0 Å². The Morgan fingerprint density at radius 1 is 1.23 bits per heavy atom. The van der Waals surface area contributed by atoms with Gasteiger partial charge in [0.1, 0.15) is 6.10 Å². The smallest absolute Gasteiger partial charge is 0.227 e. The van der Waals surface area contributed by atoms with Gasteiger partial charge in [-0.15, -0.1) is 11.3 Å². The lowest BCUT2D eigenvalue weighted by molar-refractivity contribution is -0.123. The van der Waals surface area contributed by atoms with Gasteiger partial charge in [-0.1, -0.05) is 37.3 Å². The summed E-state index contributed by atoms with van der Waals surface area (Å²) >= 11 is 1.71. The number of hydrogen-bond donors (Lipinski definition) is 1. The minimum Gasteiger partial charge on any atom is -0.374 e. The van der Waals surface area contributed by atoms with Crippen molar-refractivity contribution < 1.29 is 9.53 Å². The number of carbonyl (C=O) groups excluding carboxylic acids is 1. The molecule has 2 atom stereocenters. The van der Waals surface area contributed by atoms with Gasteiger partial charge in [0, 0.05) is 23.4 Å². The Balaban J connectivity index is 1.98. The van der Waals surface area contributed by atoms with E-state index in [1.807, 2.05) is 37.3 Å². The maximum absolute atomic E-state index is 12.5. The lowest BCUT2D eigenvalue weighted by atomic mass is 9.95. The van der Waals surface area contributed by atoms with Gasteiger partial charge in [-0.3, -0.25) is 4.79 Å². The molecule has 118 valence electrons. The predicted molar refractivity (Wildman–Crippen MR) is 91.3 cm³/mol. The van der Waals surface area contributed by atoms with Crippen LogP contribution in [0.3, 0.4) is 0 Å². The van der Waals surface area contributed by atoms with Crippen LogP contribution in [-0.2, 0) is 9.53 Å². The summed E-state index contributed by atoms with van der Waals surface area (Å²) in [6.07, 6.45) is 0.696. The molecule has 0 radical (unpaired) electrons. The number of aryl methyl sites for hydroxylation is 1. The van der Waals surface area contributed by atoms with Crippen LogP contribution in [0.5, 0.6) is 0 Å². The van der Waals surface area contributed by atoms with E-state index in [2.05, 4.69) is 24.4 Å². The van der Waals surface area contributed by atoms with Gasteiger partial charge in [0.15, 0.2) is 0 Å². The molecule has 0 saturated carbocycles. The summed E-state index contributed by atoms with van der Waals surface area (Å²) in [6.45, 7) is 4.61. The van der Waals surface area contributed by atoms with Crippen LogP contribution in [0.2, 0.25) is 0 Å². The van der Waals surface area contributed by atoms with Gasteiger partial charge < -0.3 is 10.1 Å². The maximum Gasteiger partial charge on any atom is 0.227 e. The zero-order chi connectivity index (χ0) is 15.9. The molecular formula is C18H23NO2S. The molecule has 1 aromatic heterocycles. The molecule has 1 heterocycles. The minimum atomic E-state index is -0.108. The standard InChI is InChI=1S/C18H23NO2S/c1-4-15(14-8-6-5-7-9-14)18(20)19-12-16(21-3)17-11-10-13(2)22-17/h5-11,15-16H,4,12H2,1-3H3,(H,19,20). The first kappa shape index (κ1) is 16.7. The molecule has 2 rings (SSSR count). The minimum absolute atomic E-state index is 0.0593. The zero-order valence-electron chi connectivity index (χ0n) is 13.3. The summed E-state index contributed by atoms with van der Waals surface area (Å²) < 4.78 is 5.51. The first-order valence-corrected chi connectivity index (χ1v) is 8.39. The largest absolute Gasteiger partial charge is 0.374 e. The van der Waals surface area contributed by atoms with Crippen LogP contribution < -0.4 is 5.32 Å². The third kappa shape index (κ3) is 4.18. The van der Waals surface area contributed by atoms with Gasteiger partial charge in [-0.2, -0.15) is 0 Å². The number of amides is 1. The number of carbonyl (C=O) groups is 1. The van der Waals surface area contributed by atoms with Crippen LogP contribution in [0, 0.1) is 6.92 Å². The van der Waals surface area contributed by atoms with Gasteiger partial charge in [0.05, 0.1) is 5.92 Å². The normalized spacial score (nSPS) is 13.6. The second-order valence-corrected chi connectivity index (χ2v) is 6.61. The highest BCUT2D eigenvalue weighted by Crippen LogP contribution is 2.25. The number of benzene rings is 1. The van der Waals surface area contributed by atoms with Gasteiger partial charge in [-0.25, -0.2) is 0 Å². The Morgan fingerprint density at radius 3 is 2.50 bits per heavy atom. The summed E-state index contributed by atoms with van der Waals surface area (Å²) in [7, 11) is 1.68. The lowest BCUT2D eigenvalue weighted by Crippen LogP contribution is -2.33. The molecule has 2 aromatic rings. The van der Waals surface area contributed by atoms with E-state index in [1.165, 1.54) is 4.88 Å². The molecule has 1 amide bonds. The highest BCUT2D eigenvalue weighted by molar-refractivity contribution is 7.12. The molecule has 0 aliphatic heterocycles. The third-order valence-corrected chi connectivity index (χ3v) is 4.84. The number of rotatable bonds is 7. The molecule has 1 N–H and O–H groups in total. The molecule has 0 aliphatic carbocycles. The molecule has 0 bridgehead atoms. The number of nitrogens with one attached hydrogen (secondary N) is 1. The number of hydrogen-bond acceptors (Lipinski definition) is 3. The number of thiophene rings is 1. The van der Waals surface area contributed by atoms with E-state index in [0.717, 1.165) is 16.9 Å².